The Kier molecular flexibility index (Phi) is 11.2. The fraction of sp³-hybridized carbons (Fsp3) is 0.457. The highest BCUT2D eigenvalue weighted by molar-refractivity contribution is 6.00. The van der Waals surface area contributed by atoms with Crippen LogP contribution in [0.25, 0.3) is 10.8 Å². The topological polar surface area (TPSA) is 108 Å². The number of phenols is 1. The number of benzene rings is 3. The molecule has 43 heavy (non-hydrogen) atoms. The summed E-state index contributed by atoms with van der Waals surface area (Å²) in [5.74, 6) is -0.633. The molecule has 8 nitrogen and oxygen atoms in total. The summed E-state index contributed by atoms with van der Waals surface area (Å²) in [4.78, 5) is 43.2. The maximum absolute atomic E-state index is 14.5. The Morgan fingerprint density at radius 1 is 0.860 bits per heavy atom. The molecule has 0 bridgehead atoms. The minimum absolute atomic E-state index is 0.0508. The van der Waals surface area contributed by atoms with Crippen LogP contribution in [-0.4, -0.2) is 45.6 Å². The monoisotopic (exact) mass is 589 g/mol. The molecule has 0 radical (unpaired) electrons. The molecule has 3 aromatic rings. The Balaban J connectivity index is 2.08. The molecule has 232 valence electrons. The Bertz CT molecular complexity index is 1390. The number of hydrogen-bond acceptors (Lipinski definition) is 5. The molecule has 0 aliphatic carbocycles. The predicted octanol–water partition coefficient (Wildman–Crippen LogP) is 7.43. The molecule has 3 aromatic carbocycles. The van der Waals surface area contributed by atoms with Crippen LogP contribution in [0, 0.1) is 11.8 Å². The largest absolute Gasteiger partial charge is 0.508 e. The molecular weight excluding hydrogens is 542 g/mol. The fourth-order valence-electron chi connectivity index (χ4n) is 4.99. The lowest BCUT2D eigenvalue weighted by Gasteiger charge is -2.39. The van der Waals surface area contributed by atoms with Crippen LogP contribution in [-0.2, 0) is 14.3 Å². The number of fused-ring (bicyclic) bond motifs is 1. The first-order valence-corrected chi connectivity index (χ1v) is 15.1. The molecule has 0 aliphatic rings. The first-order valence-electron chi connectivity index (χ1n) is 15.1. The highest BCUT2D eigenvalue weighted by Gasteiger charge is 2.40. The number of hydrogen-bond donors (Lipinski definition) is 3. The predicted molar refractivity (Wildman–Crippen MR) is 172 cm³/mol. The second-order valence-corrected chi connectivity index (χ2v) is 13.0. The Hall–Kier alpha value is -4.07. The smallest absolute Gasteiger partial charge is 0.408 e. The Labute approximate surface area is 255 Å². The molecule has 0 aliphatic heterocycles. The lowest BCUT2D eigenvalue weighted by Crippen LogP contribution is -2.56. The van der Waals surface area contributed by atoms with Crippen molar-refractivity contribution in [1.82, 2.24) is 10.2 Å². The van der Waals surface area contributed by atoms with E-state index in [1.165, 1.54) is 12.1 Å². The molecule has 3 amide bonds. The molecule has 0 saturated heterocycles. The first-order chi connectivity index (χ1) is 20.2. The minimum atomic E-state index is -1.04. The average molecular weight is 590 g/mol. The summed E-state index contributed by atoms with van der Waals surface area (Å²) in [5.41, 5.74) is 0.398. The van der Waals surface area contributed by atoms with Gasteiger partial charge in [0.1, 0.15) is 23.4 Å². The van der Waals surface area contributed by atoms with Gasteiger partial charge in [-0.25, -0.2) is 4.79 Å². The van der Waals surface area contributed by atoms with Crippen molar-refractivity contribution in [2.45, 2.75) is 92.0 Å². The van der Waals surface area contributed by atoms with Crippen molar-refractivity contribution in [3.63, 3.8) is 0 Å². The number of carbonyl (C=O) groups excluding carboxylic acids is 3. The lowest BCUT2D eigenvalue weighted by atomic mass is 9.95. The Morgan fingerprint density at radius 2 is 1.49 bits per heavy atom. The zero-order chi connectivity index (χ0) is 31.9. The van der Waals surface area contributed by atoms with Gasteiger partial charge in [0, 0.05) is 11.7 Å². The van der Waals surface area contributed by atoms with Crippen LogP contribution in [0.5, 0.6) is 5.75 Å². The van der Waals surface area contributed by atoms with E-state index in [1.54, 1.807) is 37.8 Å². The van der Waals surface area contributed by atoms with E-state index in [1.807, 2.05) is 63.2 Å². The van der Waals surface area contributed by atoms with Gasteiger partial charge in [0.15, 0.2) is 0 Å². The van der Waals surface area contributed by atoms with Crippen molar-refractivity contribution < 1.29 is 24.2 Å². The van der Waals surface area contributed by atoms with Crippen LogP contribution < -0.4 is 10.6 Å². The first kappa shape index (κ1) is 33.4. The van der Waals surface area contributed by atoms with Crippen molar-refractivity contribution in [1.29, 1.82) is 0 Å². The van der Waals surface area contributed by atoms with Gasteiger partial charge < -0.3 is 25.4 Å². The molecule has 3 unspecified atom stereocenters. The summed E-state index contributed by atoms with van der Waals surface area (Å²) < 4.78 is 5.48. The second-order valence-electron chi connectivity index (χ2n) is 13.0. The van der Waals surface area contributed by atoms with Crippen LogP contribution in [0.1, 0.15) is 79.8 Å². The van der Waals surface area contributed by atoms with E-state index in [0.29, 0.717) is 23.6 Å². The van der Waals surface area contributed by atoms with E-state index in [9.17, 15) is 19.5 Å². The van der Waals surface area contributed by atoms with E-state index < -0.39 is 29.7 Å². The van der Waals surface area contributed by atoms with Crippen LogP contribution in [0.4, 0.5) is 10.5 Å². The molecule has 8 heteroatoms. The third-order valence-corrected chi connectivity index (χ3v) is 7.25. The Morgan fingerprint density at radius 3 is 2.07 bits per heavy atom. The SMILES string of the molecule is CC(C)CCC(C)N(C(=O)C(NC(=O)OC(C)(C)C)C(C)C)C(C(=O)Nc1ccc2ccccc2c1)c1ccc(O)cc1. The van der Waals surface area contributed by atoms with Crippen molar-refractivity contribution in [3.05, 3.63) is 72.3 Å². The number of alkyl carbamates (subject to hydrolysis) is 1. The number of nitrogens with one attached hydrogen (secondary N) is 2. The molecule has 0 heterocycles. The molecular formula is C35H47N3O5. The van der Waals surface area contributed by atoms with Gasteiger partial charge in [0.25, 0.3) is 5.91 Å². The molecule has 0 aromatic heterocycles. The lowest BCUT2D eigenvalue weighted by molar-refractivity contribution is -0.144. The van der Waals surface area contributed by atoms with Crippen molar-refractivity contribution >= 4 is 34.4 Å². The minimum Gasteiger partial charge on any atom is -0.508 e. The van der Waals surface area contributed by atoms with Gasteiger partial charge >= 0.3 is 6.09 Å². The number of phenolic OH excluding ortho intramolecular Hbond substituents is 1. The highest BCUT2D eigenvalue weighted by Crippen LogP contribution is 2.31. The summed E-state index contributed by atoms with van der Waals surface area (Å²) in [6.45, 7) is 15.1. The van der Waals surface area contributed by atoms with E-state index in [-0.39, 0.29) is 23.6 Å². The highest BCUT2D eigenvalue weighted by atomic mass is 16.6. The summed E-state index contributed by atoms with van der Waals surface area (Å²) in [6, 6.07) is 17.5. The molecule has 3 N–H and O–H groups in total. The molecule has 0 saturated carbocycles. The molecule has 0 spiro atoms. The zero-order valence-electron chi connectivity index (χ0n) is 26.7. The van der Waals surface area contributed by atoms with Gasteiger partial charge in [-0.3, -0.25) is 9.59 Å². The maximum Gasteiger partial charge on any atom is 0.408 e. The number of aromatic hydroxyl groups is 1. The molecule has 0 fully saturated rings. The third-order valence-electron chi connectivity index (χ3n) is 7.25. The summed E-state index contributed by atoms with van der Waals surface area (Å²) in [6.07, 6.45) is 0.792. The number of rotatable bonds is 11. The van der Waals surface area contributed by atoms with Crippen molar-refractivity contribution in [2.75, 3.05) is 5.32 Å². The van der Waals surface area contributed by atoms with E-state index in [4.69, 9.17) is 4.74 Å². The van der Waals surface area contributed by atoms with Gasteiger partial charge in [0.05, 0.1) is 0 Å². The van der Waals surface area contributed by atoms with Gasteiger partial charge in [-0.2, -0.15) is 0 Å². The van der Waals surface area contributed by atoms with Crippen molar-refractivity contribution in [3.8, 4) is 5.75 Å². The summed E-state index contributed by atoms with van der Waals surface area (Å²) >= 11 is 0. The number of amides is 3. The summed E-state index contributed by atoms with van der Waals surface area (Å²) in [7, 11) is 0. The van der Waals surface area contributed by atoms with Gasteiger partial charge in [0.2, 0.25) is 5.91 Å². The number of carbonyl (C=O) groups is 3. The van der Waals surface area contributed by atoms with E-state index >= 15 is 0 Å². The fourth-order valence-corrected chi connectivity index (χ4v) is 4.99. The van der Waals surface area contributed by atoms with E-state index in [0.717, 1.165) is 17.2 Å². The normalized spacial score (nSPS) is 13.8. The van der Waals surface area contributed by atoms with Crippen LogP contribution in [0.2, 0.25) is 0 Å². The maximum atomic E-state index is 14.5. The summed E-state index contributed by atoms with van der Waals surface area (Å²) in [5, 5.41) is 17.9. The van der Waals surface area contributed by atoms with Crippen molar-refractivity contribution in [2.24, 2.45) is 11.8 Å². The number of ether oxygens (including phenoxy) is 1. The van der Waals surface area contributed by atoms with E-state index in [2.05, 4.69) is 24.5 Å². The number of nitrogens with zero attached hydrogens (tertiary/aromatic N) is 1. The van der Waals surface area contributed by atoms with Gasteiger partial charge in [-0.15, -0.1) is 0 Å². The van der Waals surface area contributed by atoms with Gasteiger partial charge in [-0.1, -0.05) is 70.2 Å². The third kappa shape index (κ3) is 9.46. The standard InChI is InChI=1S/C35H47N3O5/c1-22(2)13-14-24(5)38(33(41)30(23(3)4)37-34(42)43-35(6,7)8)31(26-16-19-29(39)20-17-26)32(40)36-28-18-15-25-11-9-10-12-27(25)21-28/h9-12,15-24,30-31,39H,13-14H2,1-8H3,(H,36,40)(H,37,42). The zero-order valence-corrected chi connectivity index (χ0v) is 26.7. The average Bonchev–Trinajstić information content (AvgIpc) is 2.92. The second kappa shape index (κ2) is 14.4. The van der Waals surface area contributed by atoms with Gasteiger partial charge in [-0.05, 0) is 93.0 Å². The quantitative estimate of drug-likeness (QED) is 0.216. The van der Waals surface area contributed by atoms with Crippen LogP contribution in [0.3, 0.4) is 0 Å². The van der Waals surface area contributed by atoms with Crippen LogP contribution >= 0.6 is 0 Å². The molecule has 3 atom stereocenters. The van der Waals surface area contributed by atoms with Crippen LogP contribution in [0.15, 0.2) is 66.7 Å². The number of anilines is 1. The molecule has 3 rings (SSSR count).